The summed E-state index contributed by atoms with van der Waals surface area (Å²) in [6.07, 6.45) is 0. The number of para-hydroxylation sites is 1. The predicted molar refractivity (Wildman–Crippen MR) is 130 cm³/mol. The van der Waals surface area contributed by atoms with Gasteiger partial charge in [-0.3, -0.25) is 0 Å². The number of hydrogen-bond donors (Lipinski definition) is 0. The molecule has 0 unspecified atom stereocenters. The zero-order valence-electron chi connectivity index (χ0n) is 17.7. The van der Waals surface area contributed by atoms with E-state index in [-0.39, 0.29) is 5.82 Å². The summed E-state index contributed by atoms with van der Waals surface area (Å²) in [6, 6.07) is 22.5. The Labute approximate surface area is 194 Å². The Morgan fingerprint density at radius 3 is 2.39 bits per heavy atom. The van der Waals surface area contributed by atoms with E-state index >= 15 is 0 Å². The molecule has 164 valence electrons. The van der Waals surface area contributed by atoms with Crippen LogP contribution in [0.1, 0.15) is 0 Å². The van der Waals surface area contributed by atoms with E-state index < -0.39 is 0 Å². The van der Waals surface area contributed by atoms with Crippen LogP contribution in [0, 0.1) is 5.82 Å². The average Bonchev–Trinajstić information content (AvgIpc) is 3.28. The molecule has 0 aliphatic carbocycles. The summed E-state index contributed by atoms with van der Waals surface area (Å²) in [6.45, 7) is 3.40. The third kappa shape index (κ3) is 3.54. The van der Waals surface area contributed by atoms with E-state index in [9.17, 15) is 4.39 Å². The number of anilines is 2. The van der Waals surface area contributed by atoms with Crippen LogP contribution < -0.4 is 9.80 Å². The molecular formula is C25H20ClFN6. The molecule has 0 radical (unpaired) electrons. The van der Waals surface area contributed by atoms with Crippen molar-refractivity contribution < 1.29 is 4.39 Å². The van der Waals surface area contributed by atoms with Gasteiger partial charge in [-0.15, -0.1) is 5.10 Å². The summed E-state index contributed by atoms with van der Waals surface area (Å²) in [5.41, 5.74) is 3.87. The van der Waals surface area contributed by atoms with Crippen LogP contribution in [0.2, 0.25) is 5.02 Å². The summed E-state index contributed by atoms with van der Waals surface area (Å²) in [4.78, 5) is 9.65. The van der Waals surface area contributed by atoms with Crippen LogP contribution in [0.5, 0.6) is 0 Å². The second-order valence-electron chi connectivity index (χ2n) is 8.09. The predicted octanol–water partition coefficient (Wildman–Crippen LogP) is 5.06. The Hall–Kier alpha value is -3.71. The molecule has 0 saturated carbocycles. The van der Waals surface area contributed by atoms with Gasteiger partial charge in [0.25, 0.3) is 0 Å². The lowest BCUT2D eigenvalue weighted by Gasteiger charge is -2.37. The van der Waals surface area contributed by atoms with Crippen LogP contribution in [-0.2, 0) is 0 Å². The first-order valence-electron chi connectivity index (χ1n) is 10.8. The van der Waals surface area contributed by atoms with E-state index in [1.54, 1.807) is 10.6 Å². The maximum atomic E-state index is 13.9. The van der Waals surface area contributed by atoms with Gasteiger partial charge in [0, 0.05) is 47.8 Å². The first-order valence-corrected chi connectivity index (χ1v) is 11.2. The molecule has 3 aromatic carbocycles. The fraction of sp³-hybridized carbons (Fsp3) is 0.160. The van der Waals surface area contributed by atoms with Gasteiger partial charge in [0.05, 0.1) is 5.52 Å². The quantitative estimate of drug-likeness (QED) is 0.378. The first-order chi connectivity index (χ1) is 16.2. The minimum absolute atomic E-state index is 0.321. The highest BCUT2D eigenvalue weighted by atomic mass is 35.5. The molecule has 5 aromatic rings. The lowest BCUT2D eigenvalue weighted by molar-refractivity contribution is 0.628. The van der Waals surface area contributed by atoms with Crippen molar-refractivity contribution in [2.45, 2.75) is 0 Å². The van der Waals surface area contributed by atoms with Crippen molar-refractivity contribution in [2.75, 3.05) is 36.0 Å². The van der Waals surface area contributed by atoms with E-state index in [0.29, 0.717) is 21.9 Å². The Morgan fingerprint density at radius 2 is 1.61 bits per heavy atom. The molecule has 0 amide bonds. The summed E-state index contributed by atoms with van der Waals surface area (Å²) >= 11 is 6.36. The molecule has 0 bridgehead atoms. The van der Waals surface area contributed by atoms with Crippen molar-refractivity contribution in [1.82, 2.24) is 19.8 Å². The number of rotatable bonds is 3. The molecule has 6 nitrogen and oxygen atoms in total. The topological polar surface area (TPSA) is 49.6 Å². The van der Waals surface area contributed by atoms with E-state index in [1.807, 2.05) is 30.3 Å². The second-order valence-corrected chi connectivity index (χ2v) is 8.53. The maximum Gasteiger partial charge on any atom is 0.186 e. The first kappa shape index (κ1) is 19.9. The summed E-state index contributed by atoms with van der Waals surface area (Å²) < 4.78 is 15.6. The van der Waals surface area contributed by atoms with Gasteiger partial charge < -0.3 is 9.80 Å². The molecule has 0 spiro atoms. The normalized spacial score (nSPS) is 14.4. The number of fused-ring (bicyclic) bond motifs is 3. The molecule has 1 fully saturated rings. The van der Waals surface area contributed by atoms with Gasteiger partial charge in [0.1, 0.15) is 17.3 Å². The molecule has 1 aliphatic heterocycles. The van der Waals surface area contributed by atoms with E-state index in [1.165, 1.54) is 17.8 Å². The zero-order valence-corrected chi connectivity index (χ0v) is 18.5. The van der Waals surface area contributed by atoms with Crippen LogP contribution in [0.25, 0.3) is 27.8 Å². The Balaban J connectivity index is 1.45. The molecular weight excluding hydrogens is 439 g/mol. The number of benzene rings is 3. The minimum Gasteiger partial charge on any atom is -0.368 e. The second kappa shape index (κ2) is 8.01. The minimum atomic E-state index is -0.321. The highest BCUT2D eigenvalue weighted by molar-refractivity contribution is 6.31. The van der Waals surface area contributed by atoms with Crippen LogP contribution in [0.4, 0.5) is 15.9 Å². The van der Waals surface area contributed by atoms with Gasteiger partial charge in [-0.2, -0.15) is 4.52 Å². The Morgan fingerprint density at radius 1 is 0.818 bits per heavy atom. The van der Waals surface area contributed by atoms with Gasteiger partial charge in [-0.1, -0.05) is 47.1 Å². The van der Waals surface area contributed by atoms with E-state index in [2.05, 4.69) is 44.4 Å². The van der Waals surface area contributed by atoms with Crippen LogP contribution in [0.15, 0.2) is 72.8 Å². The largest absolute Gasteiger partial charge is 0.368 e. The van der Waals surface area contributed by atoms with Crippen molar-refractivity contribution in [2.24, 2.45) is 0 Å². The summed E-state index contributed by atoms with van der Waals surface area (Å²) in [5, 5.41) is 10.2. The Kier molecular flexibility index (Phi) is 4.84. The molecule has 2 aromatic heterocycles. The fourth-order valence-corrected chi connectivity index (χ4v) is 4.62. The zero-order chi connectivity index (χ0) is 22.4. The van der Waals surface area contributed by atoms with E-state index in [0.717, 1.165) is 42.9 Å². The lowest BCUT2D eigenvalue weighted by Crippen LogP contribution is -2.47. The number of halogens is 2. The van der Waals surface area contributed by atoms with Gasteiger partial charge in [0.15, 0.2) is 5.65 Å². The van der Waals surface area contributed by atoms with Crippen molar-refractivity contribution in [3.8, 4) is 11.3 Å². The van der Waals surface area contributed by atoms with Crippen LogP contribution in [0.3, 0.4) is 0 Å². The molecule has 1 saturated heterocycles. The van der Waals surface area contributed by atoms with Crippen LogP contribution >= 0.6 is 11.6 Å². The standard InChI is InChI=1S/C25H20ClFN6/c26-18-9-10-22-21(16-18)24(32-13-11-31(12-14-32)20-7-2-1-3-8-20)28-25-23(29-30-33(22)25)17-5-4-6-19(27)15-17/h1-10,15-16H,11-14H2. The third-order valence-electron chi connectivity index (χ3n) is 6.08. The fourth-order valence-electron chi connectivity index (χ4n) is 4.45. The van der Waals surface area contributed by atoms with Crippen molar-refractivity contribution in [3.05, 3.63) is 83.6 Å². The summed E-state index contributed by atoms with van der Waals surface area (Å²) in [7, 11) is 0. The average molecular weight is 459 g/mol. The van der Waals surface area contributed by atoms with Crippen molar-refractivity contribution in [3.63, 3.8) is 0 Å². The molecule has 0 N–H and O–H groups in total. The van der Waals surface area contributed by atoms with Crippen LogP contribution in [-0.4, -0.2) is 46.0 Å². The monoisotopic (exact) mass is 458 g/mol. The van der Waals surface area contributed by atoms with Crippen molar-refractivity contribution in [1.29, 1.82) is 0 Å². The number of aromatic nitrogens is 4. The number of hydrogen-bond acceptors (Lipinski definition) is 5. The number of piperazine rings is 1. The molecule has 1 aliphatic rings. The lowest BCUT2D eigenvalue weighted by atomic mass is 10.1. The highest BCUT2D eigenvalue weighted by Gasteiger charge is 2.23. The van der Waals surface area contributed by atoms with Gasteiger partial charge in [-0.25, -0.2) is 9.37 Å². The van der Waals surface area contributed by atoms with Gasteiger partial charge in [0.2, 0.25) is 0 Å². The smallest absolute Gasteiger partial charge is 0.186 e. The van der Waals surface area contributed by atoms with Gasteiger partial charge in [-0.05, 0) is 42.5 Å². The highest BCUT2D eigenvalue weighted by Crippen LogP contribution is 2.32. The maximum absolute atomic E-state index is 13.9. The molecule has 0 atom stereocenters. The van der Waals surface area contributed by atoms with E-state index in [4.69, 9.17) is 16.6 Å². The Bertz CT molecular complexity index is 1460. The van der Waals surface area contributed by atoms with Crippen molar-refractivity contribution >= 4 is 39.7 Å². The SMILES string of the molecule is Fc1cccc(-c2nnn3c2nc(N2CCN(c4ccccc4)CC2)c2cc(Cl)ccc23)c1. The van der Waals surface area contributed by atoms with Gasteiger partial charge >= 0.3 is 0 Å². The molecule has 6 rings (SSSR count). The molecule has 8 heteroatoms. The molecule has 3 heterocycles. The summed E-state index contributed by atoms with van der Waals surface area (Å²) in [5.74, 6) is 0.520. The third-order valence-corrected chi connectivity index (χ3v) is 6.32. The number of nitrogens with zero attached hydrogens (tertiary/aromatic N) is 6. The molecule has 33 heavy (non-hydrogen) atoms.